The number of fused-ring (bicyclic) bond motifs is 1. The van der Waals surface area contributed by atoms with E-state index in [9.17, 15) is 9.59 Å². The lowest BCUT2D eigenvalue weighted by Gasteiger charge is -2.18. The van der Waals surface area contributed by atoms with Gasteiger partial charge < -0.3 is 10.2 Å². The van der Waals surface area contributed by atoms with E-state index in [2.05, 4.69) is 5.32 Å². The first-order valence-corrected chi connectivity index (χ1v) is 9.98. The van der Waals surface area contributed by atoms with Crippen molar-refractivity contribution in [2.24, 2.45) is 0 Å². The van der Waals surface area contributed by atoms with Crippen molar-refractivity contribution < 1.29 is 9.59 Å². The molecule has 2 amide bonds. The normalized spacial score (nSPS) is 14.2. The first kappa shape index (κ1) is 18.9. The third-order valence-corrected chi connectivity index (χ3v) is 5.31. The van der Waals surface area contributed by atoms with E-state index >= 15 is 0 Å². The number of likely N-dealkylation sites (tertiary alicyclic amines) is 1. The number of aryl methyl sites for hydroxylation is 1. The number of benzene rings is 3. The Bertz CT molecular complexity index is 1070. The number of nitrogens with zero attached hydrogens (tertiary/aromatic N) is 1. The summed E-state index contributed by atoms with van der Waals surface area (Å²) in [7, 11) is 0. The number of carbonyl (C=O) groups is 2. The van der Waals surface area contributed by atoms with E-state index in [0.717, 1.165) is 47.8 Å². The van der Waals surface area contributed by atoms with E-state index in [-0.39, 0.29) is 11.8 Å². The van der Waals surface area contributed by atoms with Gasteiger partial charge in [-0.3, -0.25) is 9.59 Å². The van der Waals surface area contributed by atoms with Crippen molar-refractivity contribution in [3.8, 4) is 0 Å². The van der Waals surface area contributed by atoms with Gasteiger partial charge in [0.25, 0.3) is 11.8 Å². The molecule has 0 unspecified atom stereocenters. The van der Waals surface area contributed by atoms with Crippen molar-refractivity contribution in [2.75, 3.05) is 13.1 Å². The molecule has 4 rings (SSSR count). The molecular formula is C25H24N2O2. The smallest absolute Gasteiger partial charge is 0.270 e. The van der Waals surface area contributed by atoms with Crippen LogP contribution in [0.15, 0.2) is 72.4 Å². The second-order valence-corrected chi connectivity index (χ2v) is 7.45. The third-order valence-electron chi connectivity index (χ3n) is 5.31. The summed E-state index contributed by atoms with van der Waals surface area (Å²) in [5.74, 6) is -0.403. The molecule has 0 bridgehead atoms. The van der Waals surface area contributed by atoms with Gasteiger partial charge in [-0.2, -0.15) is 0 Å². The van der Waals surface area contributed by atoms with Crippen molar-refractivity contribution >= 4 is 28.7 Å². The number of nitrogens with one attached hydrogen (secondary N) is 1. The fourth-order valence-electron chi connectivity index (χ4n) is 3.67. The van der Waals surface area contributed by atoms with Gasteiger partial charge in [0.15, 0.2) is 0 Å². The lowest BCUT2D eigenvalue weighted by Crippen LogP contribution is -2.36. The minimum Gasteiger partial charge on any atom is -0.337 e. The minimum absolute atomic E-state index is 0.129. The molecule has 146 valence electrons. The van der Waals surface area contributed by atoms with Crippen LogP contribution in [0.4, 0.5) is 0 Å². The van der Waals surface area contributed by atoms with Gasteiger partial charge in [-0.05, 0) is 54.3 Å². The van der Waals surface area contributed by atoms with Crippen molar-refractivity contribution in [3.63, 3.8) is 0 Å². The van der Waals surface area contributed by atoms with Gasteiger partial charge in [0.1, 0.15) is 5.70 Å². The van der Waals surface area contributed by atoms with Crippen LogP contribution in [0, 0.1) is 6.92 Å². The molecule has 0 saturated carbocycles. The highest BCUT2D eigenvalue weighted by molar-refractivity contribution is 6.06. The van der Waals surface area contributed by atoms with Crippen LogP contribution in [0.3, 0.4) is 0 Å². The molecule has 1 fully saturated rings. The van der Waals surface area contributed by atoms with E-state index in [0.29, 0.717) is 11.3 Å². The quantitative estimate of drug-likeness (QED) is 0.671. The minimum atomic E-state index is -0.274. The van der Waals surface area contributed by atoms with E-state index in [1.165, 1.54) is 0 Å². The van der Waals surface area contributed by atoms with Gasteiger partial charge >= 0.3 is 0 Å². The molecule has 29 heavy (non-hydrogen) atoms. The maximum Gasteiger partial charge on any atom is 0.270 e. The SMILES string of the molecule is Cc1ccc(C(=O)NC(=Cc2cccc3ccccc23)C(=O)N2CCCC2)cc1. The maximum atomic E-state index is 13.1. The Morgan fingerprint density at radius 3 is 2.34 bits per heavy atom. The standard InChI is InChI=1S/C25H24N2O2/c1-18-11-13-20(14-12-18)24(28)26-23(25(29)27-15-4-5-16-27)17-21-9-6-8-19-7-2-3-10-22(19)21/h2-3,6-14,17H,4-5,15-16H2,1H3,(H,26,28). The lowest BCUT2D eigenvalue weighted by atomic mass is 10.0. The highest BCUT2D eigenvalue weighted by Gasteiger charge is 2.23. The number of amides is 2. The molecule has 0 aromatic heterocycles. The zero-order valence-corrected chi connectivity index (χ0v) is 16.5. The molecule has 1 N–H and O–H groups in total. The van der Waals surface area contributed by atoms with Crippen molar-refractivity contribution in [2.45, 2.75) is 19.8 Å². The first-order valence-electron chi connectivity index (χ1n) is 9.98. The molecule has 1 aliphatic heterocycles. The van der Waals surface area contributed by atoms with Gasteiger partial charge in [0, 0.05) is 18.7 Å². The summed E-state index contributed by atoms with van der Waals surface area (Å²) in [4.78, 5) is 27.8. The van der Waals surface area contributed by atoms with Crippen LogP contribution in [-0.4, -0.2) is 29.8 Å². The molecule has 3 aromatic carbocycles. The first-order chi connectivity index (χ1) is 14.1. The van der Waals surface area contributed by atoms with Crippen LogP contribution in [0.5, 0.6) is 0 Å². The Balaban J connectivity index is 1.71. The number of carbonyl (C=O) groups excluding carboxylic acids is 2. The molecule has 0 spiro atoms. The van der Waals surface area contributed by atoms with Crippen LogP contribution in [0.25, 0.3) is 16.8 Å². The molecular weight excluding hydrogens is 360 g/mol. The largest absolute Gasteiger partial charge is 0.337 e. The lowest BCUT2D eigenvalue weighted by molar-refractivity contribution is -0.126. The Kier molecular flexibility index (Phi) is 5.43. The Labute approximate surface area is 170 Å². The van der Waals surface area contributed by atoms with Crippen LogP contribution in [-0.2, 0) is 4.79 Å². The molecule has 1 aliphatic rings. The predicted molar refractivity (Wildman–Crippen MR) is 116 cm³/mol. The van der Waals surface area contributed by atoms with Crippen molar-refractivity contribution in [3.05, 3.63) is 89.1 Å². The maximum absolute atomic E-state index is 13.1. The second kappa shape index (κ2) is 8.31. The highest BCUT2D eigenvalue weighted by atomic mass is 16.2. The van der Waals surface area contributed by atoms with E-state index in [4.69, 9.17) is 0 Å². The highest BCUT2D eigenvalue weighted by Crippen LogP contribution is 2.22. The summed E-state index contributed by atoms with van der Waals surface area (Å²) in [5.41, 5.74) is 2.85. The molecule has 1 heterocycles. The monoisotopic (exact) mass is 384 g/mol. The predicted octanol–water partition coefficient (Wildman–Crippen LogP) is 4.54. The van der Waals surface area contributed by atoms with Crippen LogP contribution < -0.4 is 5.32 Å². The molecule has 0 atom stereocenters. The fourth-order valence-corrected chi connectivity index (χ4v) is 3.67. The Morgan fingerprint density at radius 1 is 0.897 bits per heavy atom. The third kappa shape index (κ3) is 4.21. The Hall–Kier alpha value is -3.40. The zero-order valence-electron chi connectivity index (χ0n) is 16.5. The van der Waals surface area contributed by atoms with Crippen LogP contribution >= 0.6 is 0 Å². The summed E-state index contributed by atoms with van der Waals surface area (Å²) in [5, 5.41) is 5.02. The number of hydrogen-bond donors (Lipinski definition) is 1. The second-order valence-electron chi connectivity index (χ2n) is 7.45. The summed E-state index contributed by atoms with van der Waals surface area (Å²) in [6, 6.07) is 21.4. The van der Waals surface area contributed by atoms with Crippen molar-refractivity contribution in [1.29, 1.82) is 0 Å². The molecule has 4 nitrogen and oxygen atoms in total. The average molecular weight is 384 g/mol. The number of rotatable bonds is 4. The summed E-state index contributed by atoms with van der Waals surface area (Å²) >= 11 is 0. The summed E-state index contributed by atoms with van der Waals surface area (Å²) < 4.78 is 0. The number of hydrogen-bond acceptors (Lipinski definition) is 2. The molecule has 4 heteroatoms. The van der Waals surface area contributed by atoms with Crippen molar-refractivity contribution in [1.82, 2.24) is 10.2 Å². The van der Waals surface area contributed by atoms with E-state index < -0.39 is 0 Å². The van der Waals surface area contributed by atoms with Crippen LogP contribution in [0.2, 0.25) is 0 Å². The Morgan fingerprint density at radius 2 is 1.59 bits per heavy atom. The van der Waals surface area contributed by atoms with Gasteiger partial charge in [-0.15, -0.1) is 0 Å². The summed E-state index contributed by atoms with van der Waals surface area (Å²) in [6.45, 7) is 3.43. The topological polar surface area (TPSA) is 49.4 Å². The van der Waals surface area contributed by atoms with Gasteiger partial charge in [0.05, 0.1) is 0 Å². The van der Waals surface area contributed by atoms with Gasteiger partial charge in [-0.25, -0.2) is 0 Å². The zero-order chi connectivity index (χ0) is 20.2. The fraction of sp³-hybridized carbons (Fsp3) is 0.200. The van der Waals surface area contributed by atoms with Gasteiger partial charge in [-0.1, -0.05) is 60.2 Å². The van der Waals surface area contributed by atoms with Crippen LogP contribution in [0.1, 0.15) is 34.3 Å². The molecule has 3 aromatic rings. The van der Waals surface area contributed by atoms with E-state index in [1.807, 2.05) is 66.4 Å². The summed E-state index contributed by atoms with van der Waals surface area (Å²) in [6.07, 6.45) is 3.80. The van der Waals surface area contributed by atoms with E-state index in [1.54, 1.807) is 18.2 Å². The van der Waals surface area contributed by atoms with Gasteiger partial charge in [0.2, 0.25) is 0 Å². The molecule has 1 saturated heterocycles. The molecule has 0 radical (unpaired) electrons. The molecule has 0 aliphatic carbocycles. The average Bonchev–Trinajstić information content (AvgIpc) is 3.28.